The summed E-state index contributed by atoms with van der Waals surface area (Å²) in [5.74, 6) is -1.17. The minimum absolute atomic E-state index is 0.0654. The topological polar surface area (TPSA) is 86.8 Å². The Morgan fingerprint density at radius 1 is 0.955 bits per heavy atom. The molecular formula is C32H35ClF3N3O4S. The van der Waals surface area contributed by atoms with Gasteiger partial charge >= 0.3 is 6.18 Å². The molecule has 0 radical (unpaired) electrons. The molecule has 3 aromatic carbocycles. The van der Waals surface area contributed by atoms with Gasteiger partial charge in [0, 0.05) is 24.0 Å². The van der Waals surface area contributed by atoms with Gasteiger partial charge in [0.25, 0.3) is 0 Å². The van der Waals surface area contributed by atoms with Crippen molar-refractivity contribution in [3.8, 4) is 0 Å². The van der Waals surface area contributed by atoms with E-state index in [1.807, 2.05) is 30.3 Å². The maximum atomic E-state index is 14.2. The van der Waals surface area contributed by atoms with Crippen LogP contribution in [0.1, 0.15) is 48.8 Å². The van der Waals surface area contributed by atoms with Gasteiger partial charge in [-0.1, -0.05) is 85.5 Å². The van der Waals surface area contributed by atoms with E-state index in [9.17, 15) is 31.2 Å². The van der Waals surface area contributed by atoms with Crippen LogP contribution in [0.15, 0.2) is 78.9 Å². The second-order valence-electron chi connectivity index (χ2n) is 11.0. The van der Waals surface area contributed by atoms with E-state index < -0.39 is 46.2 Å². The first-order valence-electron chi connectivity index (χ1n) is 14.3. The molecule has 2 amide bonds. The lowest BCUT2D eigenvalue weighted by Gasteiger charge is -2.35. The van der Waals surface area contributed by atoms with Crippen molar-refractivity contribution >= 4 is 39.1 Å². The number of hydrogen-bond donors (Lipinski definition) is 1. The van der Waals surface area contributed by atoms with E-state index in [4.69, 9.17) is 11.6 Å². The lowest BCUT2D eigenvalue weighted by molar-refractivity contribution is -0.140. The van der Waals surface area contributed by atoms with E-state index in [0.29, 0.717) is 21.0 Å². The van der Waals surface area contributed by atoms with Crippen LogP contribution in [0.25, 0.3) is 0 Å². The van der Waals surface area contributed by atoms with Gasteiger partial charge in [0.15, 0.2) is 0 Å². The van der Waals surface area contributed by atoms with E-state index >= 15 is 0 Å². The average molecular weight is 650 g/mol. The third kappa shape index (κ3) is 8.98. The highest BCUT2D eigenvalue weighted by Gasteiger charge is 2.35. The minimum Gasteiger partial charge on any atom is -0.352 e. The Kier molecular flexibility index (Phi) is 11.0. The molecule has 0 aromatic heterocycles. The molecule has 1 atom stereocenters. The molecule has 4 rings (SSSR count). The van der Waals surface area contributed by atoms with Crippen molar-refractivity contribution in [2.75, 3.05) is 17.1 Å². The number of nitrogens with zero attached hydrogens (tertiary/aromatic N) is 2. The molecule has 0 heterocycles. The lowest BCUT2D eigenvalue weighted by Crippen LogP contribution is -2.55. The van der Waals surface area contributed by atoms with Crippen LogP contribution >= 0.6 is 11.6 Å². The Morgan fingerprint density at radius 3 is 2.25 bits per heavy atom. The maximum Gasteiger partial charge on any atom is 0.416 e. The van der Waals surface area contributed by atoms with Crippen molar-refractivity contribution in [1.29, 1.82) is 0 Å². The van der Waals surface area contributed by atoms with Gasteiger partial charge in [-0.05, 0) is 48.2 Å². The van der Waals surface area contributed by atoms with Gasteiger partial charge in [-0.3, -0.25) is 13.9 Å². The summed E-state index contributed by atoms with van der Waals surface area (Å²) in [4.78, 5) is 29.4. The van der Waals surface area contributed by atoms with E-state index in [1.165, 1.54) is 11.0 Å². The van der Waals surface area contributed by atoms with Gasteiger partial charge in [0.2, 0.25) is 21.8 Å². The summed E-state index contributed by atoms with van der Waals surface area (Å²) in [5, 5.41) is 3.43. The van der Waals surface area contributed by atoms with E-state index in [-0.39, 0.29) is 24.7 Å². The second kappa shape index (κ2) is 14.5. The molecule has 12 heteroatoms. The smallest absolute Gasteiger partial charge is 0.352 e. The fraction of sp³-hybridized carbons (Fsp3) is 0.375. The minimum atomic E-state index is -4.72. The molecule has 0 bridgehead atoms. The van der Waals surface area contributed by atoms with Gasteiger partial charge in [0.1, 0.15) is 12.6 Å². The van der Waals surface area contributed by atoms with Gasteiger partial charge in [-0.25, -0.2) is 8.42 Å². The van der Waals surface area contributed by atoms with Crippen molar-refractivity contribution in [1.82, 2.24) is 10.2 Å². The second-order valence-corrected chi connectivity index (χ2v) is 13.3. The fourth-order valence-electron chi connectivity index (χ4n) is 5.36. The van der Waals surface area contributed by atoms with Crippen molar-refractivity contribution < 1.29 is 31.2 Å². The van der Waals surface area contributed by atoms with Crippen LogP contribution in [0, 0.1) is 0 Å². The summed E-state index contributed by atoms with van der Waals surface area (Å²) in [6, 6.07) is 18.5. The molecule has 0 saturated heterocycles. The van der Waals surface area contributed by atoms with Crippen molar-refractivity contribution in [3.05, 3.63) is 101 Å². The lowest BCUT2D eigenvalue weighted by atomic mass is 9.94. The molecule has 1 saturated carbocycles. The first-order valence-corrected chi connectivity index (χ1v) is 16.6. The Labute approximate surface area is 261 Å². The Morgan fingerprint density at radius 2 is 1.61 bits per heavy atom. The molecule has 0 aliphatic heterocycles. The zero-order valence-corrected chi connectivity index (χ0v) is 25.8. The number of halogens is 4. The van der Waals surface area contributed by atoms with E-state index in [0.717, 1.165) is 56.1 Å². The number of carbonyl (C=O) groups excluding carboxylic acids is 2. The molecular weight excluding hydrogens is 615 g/mol. The zero-order chi connectivity index (χ0) is 31.9. The summed E-state index contributed by atoms with van der Waals surface area (Å²) >= 11 is 6.46. The predicted molar refractivity (Wildman–Crippen MR) is 165 cm³/mol. The number of alkyl halides is 3. The highest BCUT2D eigenvalue weighted by atomic mass is 35.5. The van der Waals surface area contributed by atoms with Crippen LogP contribution in [0.5, 0.6) is 0 Å². The third-order valence-electron chi connectivity index (χ3n) is 7.66. The van der Waals surface area contributed by atoms with E-state index in [2.05, 4.69) is 5.32 Å². The number of rotatable bonds is 11. The van der Waals surface area contributed by atoms with Crippen molar-refractivity contribution in [2.24, 2.45) is 0 Å². The monoisotopic (exact) mass is 649 g/mol. The van der Waals surface area contributed by atoms with Crippen molar-refractivity contribution in [3.63, 3.8) is 0 Å². The number of hydrogen-bond acceptors (Lipinski definition) is 4. The summed E-state index contributed by atoms with van der Waals surface area (Å²) in [6.07, 6.45) is 0.840. The van der Waals surface area contributed by atoms with Gasteiger partial charge in [-0.2, -0.15) is 13.2 Å². The first kappa shape index (κ1) is 33.3. The Bertz CT molecular complexity index is 1550. The van der Waals surface area contributed by atoms with Gasteiger partial charge < -0.3 is 10.2 Å². The average Bonchev–Trinajstić information content (AvgIpc) is 2.98. The van der Waals surface area contributed by atoms with Crippen LogP contribution in [-0.2, 0) is 38.8 Å². The quantitative estimate of drug-likeness (QED) is 0.268. The molecule has 0 spiro atoms. The van der Waals surface area contributed by atoms with Gasteiger partial charge in [-0.15, -0.1) is 0 Å². The van der Waals surface area contributed by atoms with Crippen molar-refractivity contribution in [2.45, 2.75) is 63.3 Å². The normalized spacial score (nSPS) is 14.9. The molecule has 1 fully saturated rings. The summed E-state index contributed by atoms with van der Waals surface area (Å²) in [6.45, 7) is -0.957. The molecule has 7 nitrogen and oxygen atoms in total. The predicted octanol–water partition coefficient (Wildman–Crippen LogP) is 6.21. The number of amides is 2. The largest absolute Gasteiger partial charge is 0.416 e. The molecule has 1 N–H and O–H groups in total. The molecule has 1 aliphatic rings. The number of anilines is 1. The number of benzene rings is 3. The Hall–Kier alpha value is -3.57. The molecule has 1 aliphatic carbocycles. The maximum absolute atomic E-state index is 14.2. The molecule has 0 unspecified atom stereocenters. The SMILES string of the molecule is CS(=O)(=O)N(CC(=O)N(Cc1ccccc1Cl)[C@@H](Cc1ccccc1)C(=O)NC1CCCCC1)c1cccc(C(F)(F)F)c1. The van der Waals surface area contributed by atoms with Crippen LogP contribution < -0.4 is 9.62 Å². The Balaban J connectivity index is 1.75. The standard InChI is InChI=1S/C32H35ClF3N3O4S/c1-44(42,43)39(27-17-10-14-25(20-27)32(34,35)36)22-30(40)38(21-24-13-8-9-18-28(24)33)29(19-23-11-4-2-5-12-23)31(41)37-26-15-6-3-7-16-26/h2,4-5,8-14,17-18,20,26,29H,3,6-7,15-16,19,21-22H2,1H3,(H,37,41)/t29-/m0/s1. The number of sulfonamides is 1. The summed E-state index contributed by atoms with van der Waals surface area (Å²) in [7, 11) is -4.23. The van der Waals surface area contributed by atoms with Crippen LogP contribution in [0.4, 0.5) is 18.9 Å². The fourth-order valence-corrected chi connectivity index (χ4v) is 6.40. The van der Waals surface area contributed by atoms with Crippen LogP contribution in [-0.4, -0.2) is 50.0 Å². The van der Waals surface area contributed by atoms with Crippen LogP contribution in [0.2, 0.25) is 5.02 Å². The van der Waals surface area contributed by atoms with Crippen LogP contribution in [0.3, 0.4) is 0 Å². The van der Waals surface area contributed by atoms with E-state index in [1.54, 1.807) is 24.3 Å². The highest BCUT2D eigenvalue weighted by molar-refractivity contribution is 7.92. The highest BCUT2D eigenvalue weighted by Crippen LogP contribution is 2.32. The summed E-state index contributed by atoms with van der Waals surface area (Å²) < 4.78 is 66.9. The molecule has 3 aromatic rings. The third-order valence-corrected chi connectivity index (χ3v) is 9.17. The molecule has 236 valence electrons. The first-order chi connectivity index (χ1) is 20.8. The molecule has 44 heavy (non-hydrogen) atoms. The van der Waals surface area contributed by atoms with Gasteiger partial charge in [0.05, 0.1) is 17.5 Å². The zero-order valence-electron chi connectivity index (χ0n) is 24.3. The summed E-state index contributed by atoms with van der Waals surface area (Å²) in [5.41, 5.74) is -0.0837. The number of nitrogens with one attached hydrogen (secondary N) is 1. The number of carbonyl (C=O) groups is 2.